The molecule has 3 aromatic heterocycles. The van der Waals surface area contributed by atoms with Crippen molar-refractivity contribution >= 4 is 11.7 Å². The van der Waals surface area contributed by atoms with Gasteiger partial charge in [0.2, 0.25) is 0 Å². The number of halogens is 3. The summed E-state index contributed by atoms with van der Waals surface area (Å²) < 4.78 is 39.5. The summed E-state index contributed by atoms with van der Waals surface area (Å²) in [4.78, 5) is 28.5. The van der Waals surface area contributed by atoms with E-state index in [1.54, 1.807) is 23.2 Å². The maximum absolute atomic E-state index is 13.0. The fourth-order valence-electron chi connectivity index (χ4n) is 3.11. The maximum atomic E-state index is 13.0. The van der Waals surface area contributed by atoms with E-state index in [0.29, 0.717) is 43.4 Å². The number of nitrogens with zero attached hydrogens (tertiary/aromatic N) is 7. The SMILES string of the molecule is O=C(c1cccnc1-n1cncn1)N1CCN(c2ccc(C(F)(F)F)cn2)CC1. The van der Waals surface area contributed by atoms with Crippen LogP contribution in [0.3, 0.4) is 0 Å². The molecule has 1 aliphatic heterocycles. The standard InChI is InChI=1S/C18H16F3N7O/c19-18(20,21)13-3-4-15(24-10-13)26-6-8-27(9-7-26)17(29)14-2-1-5-23-16(14)28-12-22-11-25-28/h1-5,10-12H,6-9H2. The third-order valence-electron chi connectivity index (χ3n) is 4.62. The summed E-state index contributed by atoms with van der Waals surface area (Å²) in [6.45, 7) is 1.74. The number of anilines is 1. The smallest absolute Gasteiger partial charge is 0.353 e. The van der Waals surface area contributed by atoms with Crippen molar-refractivity contribution in [3.8, 4) is 5.82 Å². The number of pyridine rings is 2. The van der Waals surface area contributed by atoms with Crippen LogP contribution in [0.5, 0.6) is 0 Å². The zero-order valence-electron chi connectivity index (χ0n) is 15.1. The van der Waals surface area contributed by atoms with E-state index in [2.05, 4.69) is 20.1 Å². The Bertz CT molecular complexity index is 981. The Kier molecular flexibility index (Phi) is 4.87. The minimum Gasteiger partial charge on any atom is -0.353 e. The second-order valence-electron chi connectivity index (χ2n) is 6.40. The van der Waals surface area contributed by atoms with Gasteiger partial charge in [-0.05, 0) is 24.3 Å². The molecule has 0 N–H and O–H groups in total. The number of alkyl halides is 3. The lowest BCUT2D eigenvalue weighted by molar-refractivity contribution is -0.137. The van der Waals surface area contributed by atoms with Gasteiger partial charge in [-0.1, -0.05) is 0 Å². The quantitative estimate of drug-likeness (QED) is 0.666. The monoisotopic (exact) mass is 403 g/mol. The summed E-state index contributed by atoms with van der Waals surface area (Å²) in [5.74, 6) is 0.653. The molecule has 1 amide bonds. The molecule has 4 rings (SSSR count). The van der Waals surface area contributed by atoms with E-state index in [1.807, 2.05) is 4.90 Å². The zero-order chi connectivity index (χ0) is 20.4. The largest absolute Gasteiger partial charge is 0.417 e. The van der Waals surface area contributed by atoms with Crippen molar-refractivity contribution in [1.82, 2.24) is 29.6 Å². The highest BCUT2D eigenvalue weighted by Crippen LogP contribution is 2.29. The molecule has 29 heavy (non-hydrogen) atoms. The van der Waals surface area contributed by atoms with Crippen LogP contribution in [0.15, 0.2) is 49.3 Å². The highest BCUT2D eigenvalue weighted by atomic mass is 19.4. The first-order valence-corrected chi connectivity index (χ1v) is 8.81. The fraction of sp³-hybridized carbons (Fsp3) is 0.278. The predicted molar refractivity (Wildman–Crippen MR) is 96.5 cm³/mol. The molecule has 0 aromatic carbocycles. The van der Waals surface area contributed by atoms with Crippen molar-refractivity contribution in [3.63, 3.8) is 0 Å². The van der Waals surface area contributed by atoms with Gasteiger partial charge < -0.3 is 9.80 Å². The normalized spacial score (nSPS) is 14.9. The van der Waals surface area contributed by atoms with Crippen LogP contribution in [-0.4, -0.2) is 61.7 Å². The Morgan fingerprint density at radius 2 is 1.83 bits per heavy atom. The number of carbonyl (C=O) groups excluding carboxylic acids is 1. The Morgan fingerprint density at radius 1 is 1.03 bits per heavy atom. The number of amides is 1. The topological polar surface area (TPSA) is 80.0 Å². The molecule has 11 heteroatoms. The Morgan fingerprint density at radius 3 is 2.45 bits per heavy atom. The van der Waals surface area contributed by atoms with E-state index in [9.17, 15) is 18.0 Å². The van der Waals surface area contributed by atoms with Gasteiger partial charge in [-0.2, -0.15) is 18.3 Å². The van der Waals surface area contributed by atoms with Crippen LogP contribution in [-0.2, 0) is 6.18 Å². The third kappa shape index (κ3) is 3.89. The lowest BCUT2D eigenvalue weighted by Crippen LogP contribution is -2.49. The molecule has 0 unspecified atom stereocenters. The van der Waals surface area contributed by atoms with Gasteiger partial charge in [0.05, 0.1) is 11.1 Å². The molecule has 0 aliphatic carbocycles. The molecule has 1 aliphatic rings. The summed E-state index contributed by atoms with van der Waals surface area (Å²) in [5.41, 5.74) is -0.383. The second-order valence-corrected chi connectivity index (χ2v) is 6.40. The van der Waals surface area contributed by atoms with Gasteiger partial charge in [0.25, 0.3) is 5.91 Å². The van der Waals surface area contributed by atoms with Gasteiger partial charge in [0.1, 0.15) is 18.5 Å². The van der Waals surface area contributed by atoms with Crippen molar-refractivity contribution in [2.75, 3.05) is 31.1 Å². The lowest BCUT2D eigenvalue weighted by Gasteiger charge is -2.35. The summed E-state index contributed by atoms with van der Waals surface area (Å²) in [7, 11) is 0. The molecule has 0 saturated carbocycles. The zero-order valence-corrected chi connectivity index (χ0v) is 15.1. The molecule has 1 fully saturated rings. The summed E-state index contributed by atoms with van der Waals surface area (Å²) >= 11 is 0. The molecular formula is C18H16F3N7O. The van der Waals surface area contributed by atoms with Crippen molar-refractivity contribution in [2.45, 2.75) is 6.18 Å². The van der Waals surface area contributed by atoms with Crippen molar-refractivity contribution in [2.24, 2.45) is 0 Å². The summed E-state index contributed by atoms with van der Waals surface area (Å²) in [5, 5.41) is 4.03. The Hall–Kier alpha value is -3.50. The fourth-order valence-corrected chi connectivity index (χ4v) is 3.11. The van der Waals surface area contributed by atoms with Crippen molar-refractivity contribution < 1.29 is 18.0 Å². The Balaban J connectivity index is 1.45. The van der Waals surface area contributed by atoms with E-state index in [-0.39, 0.29) is 5.91 Å². The lowest BCUT2D eigenvalue weighted by atomic mass is 10.2. The first kappa shape index (κ1) is 18.8. The van der Waals surface area contributed by atoms with E-state index in [0.717, 1.165) is 12.3 Å². The molecule has 8 nitrogen and oxygen atoms in total. The highest BCUT2D eigenvalue weighted by Gasteiger charge is 2.31. The van der Waals surface area contributed by atoms with Gasteiger partial charge in [-0.3, -0.25) is 4.79 Å². The number of rotatable bonds is 3. The molecule has 1 saturated heterocycles. The minimum atomic E-state index is -4.41. The average Bonchev–Trinajstić information content (AvgIpc) is 3.28. The molecule has 3 aromatic rings. The first-order chi connectivity index (χ1) is 13.9. The van der Waals surface area contributed by atoms with Gasteiger partial charge >= 0.3 is 6.18 Å². The number of aromatic nitrogens is 5. The van der Waals surface area contributed by atoms with Crippen LogP contribution in [0.2, 0.25) is 0 Å². The molecule has 0 atom stereocenters. The summed E-state index contributed by atoms with van der Waals surface area (Å²) in [6.07, 6.45) is 0.809. The van der Waals surface area contributed by atoms with Crippen LogP contribution in [0.25, 0.3) is 5.82 Å². The summed E-state index contributed by atoms with van der Waals surface area (Å²) in [6, 6.07) is 5.72. The minimum absolute atomic E-state index is 0.191. The van der Waals surface area contributed by atoms with Gasteiger partial charge in [-0.25, -0.2) is 19.6 Å². The molecule has 0 bridgehead atoms. The predicted octanol–water partition coefficient (Wildman–Crippen LogP) is 2.04. The van der Waals surface area contributed by atoms with E-state index >= 15 is 0 Å². The molecule has 4 heterocycles. The number of hydrogen-bond donors (Lipinski definition) is 0. The van der Waals surface area contributed by atoms with Gasteiger partial charge in [0.15, 0.2) is 5.82 Å². The van der Waals surface area contributed by atoms with Crippen molar-refractivity contribution in [3.05, 3.63) is 60.4 Å². The number of piperazine rings is 1. The maximum Gasteiger partial charge on any atom is 0.417 e. The van der Waals surface area contributed by atoms with E-state index in [1.165, 1.54) is 23.4 Å². The third-order valence-corrected chi connectivity index (χ3v) is 4.62. The van der Waals surface area contributed by atoms with Crippen LogP contribution in [0.1, 0.15) is 15.9 Å². The molecular weight excluding hydrogens is 387 g/mol. The first-order valence-electron chi connectivity index (χ1n) is 8.81. The number of hydrogen-bond acceptors (Lipinski definition) is 6. The van der Waals surface area contributed by atoms with E-state index in [4.69, 9.17) is 0 Å². The molecule has 150 valence electrons. The highest BCUT2D eigenvalue weighted by molar-refractivity contribution is 5.97. The van der Waals surface area contributed by atoms with Crippen LogP contribution in [0.4, 0.5) is 19.0 Å². The molecule has 0 radical (unpaired) electrons. The average molecular weight is 403 g/mol. The van der Waals surface area contributed by atoms with Crippen LogP contribution in [0, 0.1) is 0 Å². The van der Waals surface area contributed by atoms with Gasteiger partial charge in [0, 0.05) is 38.6 Å². The Labute approximate surface area is 163 Å². The number of carbonyl (C=O) groups is 1. The van der Waals surface area contributed by atoms with Gasteiger partial charge in [-0.15, -0.1) is 0 Å². The van der Waals surface area contributed by atoms with Crippen LogP contribution >= 0.6 is 0 Å². The van der Waals surface area contributed by atoms with Crippen molar-refractivity contribution in [1.29, 1.82) is 0 Å². The van der Waals surface area contributed by atoms with E-state index < -0.39 is 11.7 Å². The molecule has 0 spiro atoms. The second kappa shape index (κ2) is 7.49. The van der Waals surface area contributed by atoms with Crippen LogP contribution < -0.4 is 4.90 Å².